The largest absolute Gasteiger partial charge is 0.377 e. The van der Waals surface area contributed by atoms with Gasteiger partial charge in [0.2, 0.25) is 5.91 Å². The van der Waals surface area contributed by atoms with Gasteiger partial charge in [0.1, 0.15) is 0 Å². The first kappa shape index (κ1) is 17.0. The van der Waals surface area contributed by atoms with Crippen LogP contribution < -0.4 is 0 Å². The summed E-state index contributed by atoms with van der Waals surface area (Å²) in [6.45, 7) is 3.61. The molecular formula is C20H28N2O3. The molecule has 0 bridgehead atoms. The Morgan fingerprint density at radius 2 is 2.28 bits per heavy atom. The molecule has 3 aliphatic rings. The molecule has 2 aliphatic heterocycles. The predicted molar refractivity (Wildman–Crippen MR) is 93.8 cm³/mol. The van der Waals surface area contributed by atoms with Crippen LogP contribution in [0.15, 0.2) is 24.4 Å². The molecule has 1 aliphatic carbocycles. The molecule has 2 atom stereocenters. The highest BCUT2D eigenvalue weighted by Crippen LogP contribution is 2.41. The maximum Gasteiger partial charge on any atom is 0.222 e. The Hall–Kier alpha value is -1.46. The Morgan fingerprint density at radius 3 is 3.08 bits per heavy atom. The summed E-state index contributed by atoms with van der Waals surface area (Å²) in [5.41, 5.74) is 0.898. The maximum atomic E-state index is 12.6. The SMILES string of the molecule is O=C(CC1CC1)N1CC[C@H]2OCCC[C@@]2(COCc2ccccn2)C1. The second kappa shape index (κ2) is 7.42. The van der Waals surface area contributed by atoms with Crippen LogP contribution in [0.5, 0.6) is 0 Å². The zero-order valence-electron chi connectivity index (χ0n) is 14.9. The smallest absolute Gasteiger partial charge is 0.222 e. The first-order valence-corrected chi connectivity index (χ1v) is 9.62. The molecule has 1 aromatic heterocycles. The molecule has 5 heteroatoms. The van der Waals surface area contributed by atoms with E-state index in [1.165, 1.54) is 12.8 Å². The lowest BCUT2D eigenvalue weighted by molar-refractivity contribution is -0.166. The number of rotatable bonds is 6. The third kappa shape index (κ3) is 4.04. The van der Waals surface area contributed by atoms with Crippen molar-refractivity contribution in [3.8, 4) is 0 Å². The van der Waals surface area contributed by atoms with Gasteiger partial charge in [0, 0.05) is 37.7 Å². The average molecular weight is 344 g/mol. The van der Waals surface area contributed by atoms with Gasteiger partial charge >= 0.3 is 0 Å². The summed E-state index contributed by atoms with van der Waals surface area (Å²) in [6.07, 6.45) is 8.26. The fraction of sp³-hybridized carbons (Fsp3) is 0.700. The molecule has 1 amide bonds. The molecule has 0 unspecified atom stereocenters. The lowest BCUT2D eigenvalue weighted by atomic mass is 9.73. The number of piperidine rings is 1. The van der Waals surface area contributed by atoms with Gasteiger partial charge in [-0.3, -0.25) is 9.78 Å². The summed E-state index contributed by atoms with van der Waals surface area (Å²) in [5, 5.41) is 0. The summed E-state index contributed by atoms with van der Waals surface area (Å²) in [6, 6.07) is 5.88. The number of carbonyl (C=O) groups is 1. The third-order valence-electron chi connectivity index (χ3n) is 5.87. The van der Waals surface area contributed by atoms with Crippen LogP contribution in [0.25, 0.3) is 0 Å². The van der Waals surface area contributed by atoms with E-state index in [1.807, 2.05) is 18.2 Å². The maximum absolute atomic E-state index is 12.6. The predicted octanol–water partition coefficient (Wildman–Crippen LogP) is 2.80. The van der Waals surface area contributed by atoms with Crippen molar-refractivity contribution < 1.29 is 14.3 Å². The molecule has 3 heterocycles. The molecule has 2 saturated heterocycles. The van der Waals surface area contributed by atoms with Crippen molar-refractivity contribution in [1.82, 2.24) is 9.88 Å². The monoisotopic (exact) mass is 344 g/mol. The number of amides is 1. The third-order valence-corrected chi connectivity index (χ3v) is 5.87. The number of pyridine rings is 1. The first-order chi connectivity index (χ1) is 12.3. The number of hydrogen-bond donors (Lipinski definition) is 0. The highest BCUT2D eigenvalue weighted by atomic mass is 16.5. The summed E-state index contributed by atoms with van der Waals surface area (Å²) in [5.74, 6) is 0.972. The number of likely N-dealkylation sites (tertiary alicyclic amines) is 1. The van der Waals surface area contributed by atoms with Crippen molar-refractivity contribution in [3.63, 3.8) is 0 Å². The van der Waals surface area contributed by atoms with Crippen LogP contribution in [0, 0.1) is 11.3 Å². The van der Waals surface area contributed by atoms with Gasteiger partial charge in [-0.25, -0.2) is 0 Å². The van der Waals surface area contributed by atoms with Gasteiger partial charge in [-0.2, -0.15) is 0 Å². The van der Waals surface area contributed by atoms with Crippen molar-refractivity contribution in [2.24, 2.45) is 11.3 Å². The van der Waals surface area contributed by atoms with Gasteiger partial charge in [-0.1, -0.05) is 6.07 Å². The molecule has 0 radical (unpaired) electrons. The average Bonchev–Trinajstić information content (AvgIpc) is 3.46. The minimum atomic E-state index is -0.0511. The Bertz CT molecular complexity index is 590. The van der Waals surface area contributed by atoms with E-state index in [2.05, 4.69) is 9.88 Å². The van der Waals surface area contributed by atoms with E-state index in [-0.39, 0.29) is 11.5 Å². The Balaban J connectivity index is 1.39. The van der Waals surface area contributed by atoms with E-state index in [1.54, 1.807) is 6.20 Å². The van der Waals surface area contributed by atoms with Crippen molar-refractivity contribution in [2.75, 3.05) is 26.3 Å². The van der Waals surface area contributed by atoms with Crippen LogP contribution in [-0.2, 0) is 20.9 Å². The summed E-state index contributed by atoms with van der Waals surface area (Å²) in [7, 11) is 0. The van der Waals surface area contributed by atoms with E-state index >= 15 is 0 Å². The zero-order valence-corrected chi connectivity index (χ0v) is 14.9. The number of ether oxygens (including phenoxy) is 2. The molecule has 1 saturated carbocycles. The quantitative estimate of drug-likeness (QED) is 0.796. The van der Waals surface area contributed by atoms with Crippen LogP contribution >= 0.6 is 0 Å². The molecule has 1 aromatic rings. The molecule has 3 fully saturated rings. The van der Waals surface area contributed by atoms with Gasteiger partial charge in [0.25, 0.3) is 0 Å². The zero-order chi connectivity index (χ0) is 17.1. The second-order valence-corrected chi connectivity index (χ2v) is 7.89. The minimum absolute atomic E-state index is 0.0511. The van der Waals surface area contributed by atoms with E-state index in [0.29, 0.717) is 25.0 Å². The summed E-state index contributed by atoms with van der Waals surface area (Å²) in [4.78, 5) is 19.0. The van der Waals surface area contributed by atoms with Crippen LogP contribution in [0.4, 0.5) is 0 Å². The summed E-state index contributed by atoms with van der Waals surface area (Å²) >= 11 is 0. The number of nitrogens with zero attached hydrogens (tertiary/aromatic N) is 2. The van der Waals surface area contributed by atoms with E-state index in [4.69, 9.17) is 9.47 Å². The van der Waals surface area contributed by atoms with Gasteiger partial charge in [0.05, 0.1) is 25.0 Å². The normalized spacial score (nSPS) is 29.3. The molecule has 0 spiro atoms. The van der Waals surface area contributed by atoms with Gasteiger partial charge in [-0.05, 0) is 50.2 Å². The fourth-order valence-electron chi connectivity index (χ4n) is 4.25. The number of hydrogen-bond acceptors (Lipinski definition) is 4. The lowest BCUT2D eigenvalue weighted by Gasteiger charge is -2.50. The topological polar surface area (TPSA) is 51.7 Å². The van der Waals surface area contributed by atoms with Gasteiger partial charge in [0.15, 0.2) is 0 Å². The molecule has 0 aromatic carbocycles. The molecule has 0 N–H and O–H groups in total. The van der Waals surface area contributed by atoms with Crippen molar-refractivity contribution >= 4 is 5.91 Å². The Kier molecular flexibility index (Phi) is 5.04. The van der Waals surface area contributed by atoms with Crippen LogP contribution in [-0.4, -0.2) is 48.2 Å². The van der Waals surface area contributed by atoms with Crippen LogP contribution in [0.3, 0.4) is 0 Å². The highest BCUT2D eigenvalue weighted by Gasteiger charge is 2.47. The lowest BCUT2D eigenvalue weighted by Crippen LogP contribution is -2.58. The number of fused-ring (bicyclic) bond motifs is 1. The van der Waals surface area contributed by atoms with Crippen LogP contribution in [0.2, 0.25) is 0 Å². The van der Waals surface area contributed by atoms with Gasteiger partial charge < -0.3 is 14.4 Å². The van der Waals surface area contributed by atoms with E-state index in [9.17, 15) is 4.79 Å². The molecule has 4 rings (SSSR count). The minimum Gasteiger partial charge on any atom is -0.377 e. The second-order valence-electron chi connectivity index (χ2n) is 7.89. The first-order valence-electron chi connectivity index (χ1n) is 9.62. The summed E-state index contributed by atoms with van der Waals surface area (Å²) < 4.78 is 12.1. The van der Waals surface area contributed by atoms with Gasteiger partial charge in [-0.15, -0.1) is 0 Å². The highest BCUT2D eigenvalue weighted by molar-refractivity contribution is 5.77. The number of aromatic nitrogens is 1. The Morgan fingerprint density at radius 1 is 1.36 bits per heavy atom. The standard InChI is InChI=1S/C20H28N2O3/c23-19(12-16-5-6-16)22-10-7-18-20(14-22,8-3-11-25-18)15-24-13-17-4-1-2-9-21-17/h1-2,4,9,16,18H,3,5-8,10-15H2/t18-,20+/m1/s1. The fourth-order valence-corrected chi connectivity index (χ4v) is 4.25. The van der Waals surface area contributed by atoms with E-state index < -0.39 is 0 Å². The molecule has 25 heavy (non-hydrogen) atoms. The van der Waals surface area contributed by atoms with Crippen LogP contribution in [0.1, 0.15) is 44.2 Å². The van der Waals surface area contributed by atoms with E-state index in [0.717, 1.165) is 51.1 Å². The van der Waals surface area contributed by atoms with Crippen molar-refractivity contribution in [3.05, 3.63) is 30.1 Å². The molecule has 5 nitrogen and oxygen atoms in total. The van der Waals surface area contributed by atoms with Crippen molar-refractivity contribution in [2.45, 2.75) is 51.2 Å². The molecule has 136 valence electrons. The number of carbonyl (C=O) groups excluding carboxylic acids is 1. The van der Waals surface area contributed by atoms with Crippen molar-refractivity contribution in [1.29, 1.82) is 0 Å². The Labute approximate surface area is 149 Å². The molecular weight excluding hydrogens is 316 g/mol.